The van der Waals surface area contributed by atoms with Gasteiger partial charge in [-0.15, -0.1) is 11.3 Å². The van der Waals surface area contributed by atoms with Crippen molar-refractivity contribution in [2.45, 2.75) is 34.0 Å². The summed E-state index contributed by atoms with van der Waals surface area (Å²) < 4.78 is 1.27. The van der Waals surface area contributed by atoms with E-state index in [2.05, 4.69) is 28.1 Å². The molecule has 2 aliphatic rings. The second-order valence-corrected chi connectivity index (χ2v) is 8.31. The molecule has 1 saturated carbocycles. The van der Waals surface area contributed by atoms with Crippen LogP contribution >= 0.6 is 23.1 Å². The van der Waals surface area contributed by atoms with Gasteiger partial charge in [-0.3, -0.25) is 4.79 Å². The average Bonchev–Trinajstić information content (AvgIpc) is 3.25. The lowest BCUT2D eigenvalue weighted by Crippen LogP contribution is -2.47. The van der Waals surface area contributed by atoms with Crippen molar-refractivity contribution in [1.82, 2.24) is 10.6 Å². The minimum Gasteiger partial charge on any atom is -0.348 e. The van der Waals surface area contributed by atoms with Crippen LogP contribution in [0.25, 0.3) is 0 Å². The second kappa shape index (κ2) is 6.07. The van der Waals surface area contributed by atoms with Gasteiger partial charge in [0.15, 0.2) is 0 Å². The minimum atomic E-state index is 0.0482. The van der Waals surface area contributed by atoms with Crippen molar-refractivity contribution < 1.29 is 4.79 Å². The Labute approximate surface area is 138 Å². The highest BCUT2D eigenvalue weighted by Gasteiger charge is 2.39. The fourth-order valence-corrected chi connectivity index (χ4v) is 5.12. The van der Waals surface area contributed by atoms with Crippen molar-refractivity contribution in [3.05, 3.63) is 47.3 Å². The zero-order chi connectivity index (χ0) is 14.9. The first-order chi connectivity index (χ1) is 10.8. The van der Waals surface area contributed by atoms with Crippen molar-refractivity contribution >= 4 is 29.0 Å². The van der Waals surface area contributed by atoms with E-state index in [1.165, 1.54) is 15.5 Å². The Kier molecular flexibility index (Phi) is 3.94. The monoisotopic (exact) mass is 330 g/mol. The second-order valence-electron chi connectivity index (χ2n) is 5.99. The molecule has 22 heavy (non-hydrogen) atoms. The molecule has 3 nitrogen and oxygen atoms in total. The zero-order valence-electron chi connectivity index (χ0n) is 12.1. The van der Waals surface area contributed by atoms with Gasteiger partial charge in [-0.05, 0) is 61.0 Å². The van der Waals surface area contributed by atoms with Crippen LogP contribution in [0, 0.1) is 5.92 Å². The van der Waals surface area contributed by atoms with Crippen LogP contribution in [0.2, 0.25) is 0 Å². The molecule has 2 N–H and O–H groups in total. The fourth-order valence-electron chi connectivity index (χ4n) is 3.38. The molecule has 3 atom stereocenters. The molecule has 0 radical (unpaired) electrons. The van der Waals surface area contributed by atoms with Crippen molar-refractivity contribution in [3.63, 3.8) is 0 Å². The highest BCUT2D eigenvalue weighted by molar-refractivity contribution is 8.01. The molecular weight excluding hydrogens is 312 g/mol. The van der Waals surface area contributed by atoms with E-state index >= 15 is 0 Å². The van der Waals surface area contributed by atoms with Crippen LogP contribution in [0.15, 0.2) is 50.9 Å². The Hall–Kier alpha value is -1.30. The first-order valence-electron chi connectivity index (χ1n) is 7.63. The minimum absolute atomic E-state index is 0.0482. The predicted molar refractivity (Wildman–Crippen MR) is 90.7 cm³/mol. The van der Waals surface area contributed by atoms with Crippen molar-refractivity contribution in [2.24, 2.45) is 5.92 Å². The number of benzene rings is 1. The number of rotatable bonds is 4. The zero-order valence-corrected chi connectivity index (χ0v) is 13.8. The van der Waals surface area contributed by atoms with Gasteiger partial charge in [0, 0.05) is 22.5 Å². The molecule has 5 heteroatoms. The number of nitrogens with one attached hydrogen (secondary N) is 2. The summed E-state index contributed by atoms with van der Waals surface area (Å²) in [5.41, 5.74) is 0.748. The lowest BCUT2D eigenvalue weighted by Gasteiger charge is -2.24. The molecular formula is C17H18N2OS2. The summed E-state index contributed by atoms with van der Waals surface area (Å²) in [6.45, 7) is 1.12. The van der Waals surface area contributed by atoms with Gasteiger partial charge in [0.05, 0.1) is 4.21 Å². The summed E-state index contributed by atoms with van der Waals surface area (Å²) >= 11 is 3.47. The number of hydrogen-bond donors (Lipinski definition) is 2. The molecule has 1 amide bonds. The molecule has 114 valence electrons. The smallest absolute Gasteiger partial charge is 0.251 e. The number of carbonyl (C=O) groups excluding carboxylic acids is 1. The maximum Gasteiger partial charge on any atom is 0.251 e. The normalized spacial score (nSPS) is 26.3. The van der Waals surface area contributed by atoms with Gasteiger partial charge in [-0.1, -0.05) is 17.8 Å². The van der Waals surface area contributed by atoms with E-state index in [0.717, 1.165) is 24.4 Å². The van der Waals surface area contributed by atoms with Crippen LogP contribution in [0.3, 0.4) is 0 Å². The topological polar surface area (TPSA) is 41.1 Å². The van der Waals surface area contributed by atoms with Crippen LogP contribution in [-0.2, 0) is 0 Å². The Morgan fingerprint density at radius 3 is 2.73 bits per heavy atom. The third kappa shape index (κ3) is 2.93. The van der Waals surface area contributed by atoms with Crippen LogP contribution in [0.4, 0.5) is 0 Å². The summed E-state index contributed by atoms with van der Waals surface area (Å²) in [6.07, 6.45) is 2.33. The highest BCUT2D eigenvalue weighted by atomic mass is 32.2. The van der Waals surface area contributed by atoms with Gasteiger partial charge in [0.1, 0.15) is 0 Å². The lowest BCUT2D eigenvalue weighted by molar-refractivity contribution is 0.0928. The van der Waals surface area contributed by atoms with Gasteiger partial charge in [-0.25, -0.2) is 0 Å². The molecule has 1 aromatic heterocycles. The van der Waals surface area contributed by atoms with Gasteiger partial charge in [0.2, 0.25) is 0 Å². The van der Waals surface area contributed by atoms with Gasteiger partial charge < -0.3 is 10.6 Å². The largest absolute Gasteiger partial charge is 0.348 e. The third-order valence-electron chi connectivity index (χ3n) is 4.48. The maximum absolute atomic E-state index is 12.4. The van der Waals surface area contributed by atoms with Crippen LogP contribution < -0.4 is 10.6 Å². The Morgan fingerprint density at radius 2 is 2.09 bits per heavy atom. The number of piperidine rings is 1. The van der Waals surface area contributed by atoms with E-state index in [-0.39, 0.29) is 5.91 Å². The lowest BCUT2D eigenvalue weighted by atomic mass is 10.1. The van der Waals surface area contributed by atoms with E-state index in [1.54, 1.807) is 23.1 Å². The van der Waals surface area contributed by atoms with Crippen LogP contribution in [-0.4, -0.2) is 24.5 Å². The Balaban J connectivity index is 1.38. The van der Waals surface area contributed by atoms with E-state index in [4.69, 9.17) is 0 Å². The highest BCUT2D eigenvalue weighted by Crippen LogP contribution is 2.32. The summed E-state index contributed by atoms with van der Waals surface area (Å²) in [4.78, 5) is 13.5. The maximum atomic E-state index is 12.4. The number of thiophene rings is 1. The molecule has 3 unspecified atom stereocenters. The van der Waals surface area contributed by atoms with E-state index in [9.17, 15) is 4.79 Å². The van der Waals surface area contributed by atoms with E-state index in [1.807, 2.05) is 24.3 Å². The van der Waals surface area contributed by atoms with Crippen molar-refractivity contribution in [1.29, 1.82) is 0 Å². The van der Waals surface area contributed by atoms with Crippen LogP contribution in [0.1, 0.15) is 23.2 Å². The van der Waals surface area contributed by atoms with E-state index < -0.39 is 0 Å². The fraction of sp³-hybridized carbons (Fsp3) is 0.353. The molecule has 2 fully saturated rings. The number of fused-ring (bicyclic) bond motifs is 2. The quantitative estimate of drug-likeness (QED) is 0.903. The molecule has 1 aliphatic carbocycles. The number of carbonyl (C=O) groups is 1. The van der Waals surface area contributed by atoms with Crippen molar-refractivity contribution in [3.8, 4) is 0 Å². The molecule has 0 spiro atoms. The molecule has 2 bridgehead atoms. The summed E-state index contributed by atoms with van der Waals surface area (Å²) in [6, 6.07) is 12.8. The number of amides is 1. The van der Waals surface area contributed by atoms with Crippen molar-refractivity contribution in [2.75, 3.05) is 6.54 Å². The molecule has 1 aromatic carbocycles. The predicted octanol–water partition coefficient (Wildman–Crippen LogP) is 3.38. The standard InChI is InChI=1S/C17H18N2OS2/c20-17(19-15-9-11-8-14(15)18-10-11)12-3-5-13(6-4-12)22-16-2-1-7-21-16/h1-7,11,14-15,18H,8-10H2,(H,19,20). The Bertz CT molecular complexity index is 654. The molecule has 2 aromatic rings. The number of hydrogen-bond acceptors (Lipinski definition) is 4. The first-order valence-corrected chi connectivity index (χ1v) is 9.33. The van der Waals surface area contributed by atoms with Gasteiger partial charge in [0.25, 0.3) is 5.91 Å². The summed E-state index contributed by atoms with van der Waals surface area (Å²) in [7, 11) is 0. The van der Waals surface area contributed by atoms with E-state index in [0.29, 0.717) is 12.1 Å². The molecule has 1 aliphatic heterocycles. The summed E-state index contributed by atoms with van der Waals surface area (Å²) in [5, 5.41) is 8.74. The molecule has 1 saturated heterocycles. The first kappa shape index (κ1) is 14.3. The average molecular weight is 330 g/mol. The molecule has 4 rings (SSSR count). The summed E-state index contributed by atoms with van der Waals surface area (Å²) in [5.74, 6) is 0.798. The van der Waals surface area contributed by atoms with Crippen LogP contribution in [0.5, 0.6) is 0 Å². The molecule has 2 heterocycles. The Morgan fingerprint density at radius 1 is 1.23 bits per heavy atom. The third-order valence-corrected chi connectivity index (χ3v) is 6.52. The SMILES string of the molecule is O=C(NC1CC2CNC1C2)c1ccc(Sc2cccs2)cc1. The van der Waals surface area contributed by atoms with Gasteiger partial charge in [-0.2, -0.15) is 0 Å². The van der Waals surface area contributed by atoms with Gasteiger partial charge >= 0.3 is 0 Å².